The molecule has 0 spiro atoms. The maximum Gasteiger partial charge on any atom is 0.458 e. The fraction of sp³-hybridized carbons (Fsp3) is 0.200. The summed E-state index contributed by atoms with van der Waals surface area (Å²) in [6.07, 6.45) is -10.5. The summed E-state index contributed by atoms with van der Waals surface area (Å²) >= 11 is 0. The fourth-order valence-corrected chi connectivity index (χ4v) is 1.18. The van der Waals surface area contributed by atoms with Crippen molar-refractivity contribution in [2.45, 2.75) is 12.4 Å². The second kappa shape index (κ2) is 4.43. The number of carbonyl (C=O) groups is 2. The minimum Gasteiger partial charge on any atom is -0.285 e. The van der Waals surface area contributed by atoms with E-state index >= 15 is 0 Å². The molecule has 0 fully saturated rings. The number of halogens is 6. The van der Waals surface area contributed by atoms with Crippen LogP contribution in [0.2, 0.25) is 0 Å². The number of Topliss-reactive ketones (excluding diaryl/α,β-unsaturated/α-hetero) is 2. The van der Waals surface area contributed by atoms with Crippen LogP contribution in [0.4, 0.5) is 26.3 Å². The molecule has 0 atom stereocenters. The second-order valence-electron chi connectivity index (χ2n) is 3.20. The molecule has 0 bridgehead atoms. The molecule has 1 aromatic carbocycles. The first-order valence-electron chi connectivity index (χ1n) is 4.37. The average Bonchev–Trinajstić information content (AvgIpc) is 2.24. The molecule has 0 aliphatic heterocycles. The number of hydrogen-bond donors (Lipinski definition) is 0. The Bertz CT molecular complexity index is 486. The monoisotopic (exact) mass is 270 g/mol. The summed E-state index contributed by atoms with van der Waals surface area (Å²) in [7, 11) is 0. The predicted molar refractivity (Wildman–Crippen MR) is 46.8 cm³/mol. The highest BCUT2D eigenvalue weighted by molar-refractivity contribution is 6.45. The van der Waals surface area contributed by atoms with E-state index in [9.17, 15) is 35.9 Å². The Morgan fingerprint density at radius 2 is 1.39 bits per heavy atom. The first-order chi connectivity index (χ1) is 8.05. The lowest BCUT2D eigenvalue weighted by Gasteiger charge is -2.11. The van der Waals surface area contributed by atoms with E-state index in [4.69, 9.17) is 0 Å². The van der Waals surface area contributed by atoms with E-state index in [0.29, 0.717) is 12.1 Å². The standard InChI is InChI=1S/C10H4F6O2/c11-9(12,13)6-4-2-1-3-5(6)7(17)8(18)10(14,15)16/h1-4H. The number of hydrogen-bond acceptors (Lipinski definition) is 2. The Balaban J connectivity index is 3.28. The number of alkyl halides is 6. The quantitative estimate of drug-likeness (QED) is 0.470. The summed E-state index contributed by atoms with van der Waals surface area (Å²) in [5.41, 5.74) is -2.89. The summed E-state index contributed by atoms with van der Waals surface area (Å²) in [4.78, 5) is 21.7. The minimum absolute atomic E-state index is 0.427. The van der Waals surface area contributed by atoms with Gasteiger partial charge in [-0.05, 0) is 6.07 Å². The summed E-state index contributed by atoms with van der Waals surface area (Å²) < 4.78 is 73.2. The van der Waals surface area contributed by atoms with E-state index in [-0.39, 0.29) is 0 Å². The van der Waals surface area contributed by atoms with E-state index in [1.54, 1.807) is 0 Å². The van der Waals surface area contributed by atoms with Crippen LogP contribution in [0.1, 0.15) is 15.9 Å². The molecule has 0 saturated carbocycles. The van der Waals surface area contributed by atoms with Crippen molar-refractivity contribution in [1.82, 2.24) is 0 Å². The lowest BCUT2D eigenvalue weighted by Crippen LogP contribution is -2.32. The molecule has 0 aliphatic rings. The topological polar surface area (TPSA) is 34.1 Å². The maximum atomic E-state index is 12.4. The summed E-state index contributed by atoms with van der Waals surface area (Å²) in [6.45, 7) is 0. The Morgan fingerprint density at radius 1 is 0.889 bits per heavy atom. The van der Waals surface area contributed by atoms with Gasteiger partial charge in [-0.2, -0.15) is 26.3 Å². The molecule has 2 nitrogen and oxygen atoms in total. The first kappa shape index (κ1) is 14.2. The van der Waals surface area contributed by atoms with Crippen LogP contribution >= 0.6 is 0 Å². The van der Waals surface area contributed by atoms with Crippen LogP contribution in [0, 0.1) is 0 Å². The van der Waals surface area contributed by atoms with E-state index in [1.165, 1.54) is 0 Å². The molecule has 0 N–H and O–H groups in total. The smallest absolute Gasteiger partial charge is 0.285 e. The Hall–Kier alpha value is -1.86. The SMILES string of the molecule is O=C(C(=O)C(F)(F)F)c1ccccc1C(F)(F)F. The summed E-state index contributed by atoms with van der Waals surface area (Å²) in [5, 5.41) is 0. The zero-order valence-corrected chi connectivity index (χ0v) is 8.39. The third kappa shape index (κ3) is 2.88. The summed E-state index contributed by atoms with van der Waals surface area (Å²) in [6, 6.07) is 2.79. The number of benzene rings is 1. The summed E-state index contributed by atoms with van der Waals surface area (Å²) in [5.74, 6) is -5.06. The van der Waals surface area contributed by atoms with Gasteiger partial charge < -0.3 is 0 Å². The van der Waals surface area contributed by atoms with Gasteiger partial charge in [0, 0.05) is 5.56 Å². The Labute approximate surface area is 96.2 Å². The van der Waals surface area contributed by atoms with Crippen molar-refractivity contribution < 1.29 is 35.9 Å². The molecule has 98 valence electrons. The van der Waals surface area contributed by atoms with Gasteiger partial charge in [0.2, 0.25) is 5.78 Å². The van der Waals surface area contributed by atoms with Crippen molar-refractivity contribution in [1.29, 1.82) is 0 Å². The molecular weight excluding hydrogens is 266 g/mol. The highest BCUT2D eigenvalue weighted by Crippen LogP contribution is 2.33. The highest BCUT2D eigenvalue weighted by atomic mass is 19.4. The molecule has 0 aromatic heterocycles. The molecule has 1 rings (SSSR count). The van der Waals surface area contributed by atoms with Gasteiger partial charge in [0.15, 0.2) is 0 Å². The molecule has 0 unspecified atom stereocenters. The molecule has 0 heterocycles. The van der Waals surface area contributed by atoms with Crippen LogP contribution in [-0.4, -0.2) is 17.7 Å². The van der Waals surface area contributed by atoms with E-state index in [0.717, 1.165) is 12.1 Å². The molecule has 0 radical (unpaired) electrons. The van der Waals surface area contributed by atoms with Gasteiger partial charge in [-0.1, -0.05) is 18.2 Å². The highest BCUT2D eigenvalue weighted by Gasteiger charge is 2.46. The van der Waals surface area contributed by atoms with Crippen molar-refractivity contribution in [2.24, 2.45) is 0 Å². The number of rotatable bonds is 2. The van der Waals surface area contributed by atoms with Gasteiger partial charge >= 0.3 is 18.1 Å². The minimum atomic E-state index is -5.50. The zero-order valence-electron chi connectivity index (χ0n) is 8.39. The third-order valence-corrected chi connectivity index (χ3v) is 1.94. The molecule has 8 heteroatoms. The van der Waals surface area contributed by atoms with Gasteiger partial charge in [0.1, 0.15) is 0 Å². The fourth-order valence-electron chi connectivity index (χ4n) is 1.18. The Kier molecular flexibility index (Phi) is 3.50. The number of carbonyl (C=O) groups excluding carboxylic acids is 2. The molecular formula is C10H4F6O2. The van der Waals surface area contributed by atoms with Crippen LogP contribution in [0.3, 0.4) is 0 Å². The van der Waals surface area contributed by atoms with Crippen LogP contribution in [-0.2, 0) is 11.0 Å². The lowest BCUT2D eigenvalue weighted by atomic mass is 10.0. The van der Waals surface area contributed by atoms with Crippen LogP contribution < -0.4 is 0 Å². The van der Waals surface area contributed by atoms with Gasteiger partial charge in [0.05, 0.1) is 5.56 Å². The van der Waals surface area contributed by atoms with Crippen LogP contribution in [0.5, 0.6) is 0 Å². The number of ketones is 2. The third-order valence-electron chi connectivity index (χ3n) is 1.94. The van der Waals surface area contributed by atoms with Crippen molar-refractivity contribution in [3.63, 3.8) is 0 Å². The van der Waals surface area contributed by atoms with Crippen molar-refractivity contribution in [3.8, 4) is 0 Å². The van der Waals surface area contributed by atoms with Crippen molar-refractivity contribution >= 4 is 11.6 Å². The molecule has 1 aromatic rings. The normalized spacial score (nSPS) is 12.3. The largest absolute Gasteiger partial charge is 0.458 e. The van der Waals surface area contributed by atoms with Crippen LogP contribution in [0.25, 0.3) is 0 Å². The first-order valence-corrected chi connectivity index (χ1v) is 4.37. The van der Waals surface area contributed by atoms with Crippen LogP contribution in [0.15, 0.2) is 24.3 Å². The zero-order chi connectivity index (χ0) is 14.1. The molecule has 0 saturated heterocycles. The second-order valence-corrected chi connectivity index (χ2v) is 3.20. The lowest BCUT2D eigenvalue weighted by molar-refractivity contribution is -0.165. The molecule has 18 heavy (non-hydrogen) atoms. The molecule has 0 amide bonds. The van der Waals surface area contributed by atoms with Crippen molar-refractivity contribution in [2.75, 3.05) is 0 Å². The predicted octanol–water partition coefficient (Wildman–Crippen LogP) is 3.02. The van der Waals surface area contributed by atoms with Gasteiger partial charge in [-0.3, -0.25) is 9.59 Å². The average molecular weight is 270 g/mol. The van der Waals surface area contributed by atoms with Gasteiger partial charge in [-0.25, -0.2) is 0 Å². The van der Waals surface area contributed by atoms with Gasteiger partial charge in [-0.15, -0.1) is 0 Å². The Morgan fingerprint density at radius 3 is 1.83 bits per heavy atom. The van der Waals surface area contributed by atoms with E-state index < -0.39 is 35.0 Å². The maximum absolute atomic E-state index is 12.4. The molecule has 0 aliphatic carbocycles. The van der Waals surface area contributed by atoms with E-state index in [2.05, 4.69) is 0 Å². The van der Waals surface area contributed by atoms with E-state index in [1.807, 2.05) is 0 Å². The van der Waals surface area contributed by atoms with Gasteiger partial charge in [0.25, 0.3) is 0 Å². The van der Waals surface area contributed by atoms with Crippen molar-refractivity contribution in [3.05, 3.63) is 35.4 Å².